The number of ketones is 1. The molecule has 0 saturated heterocycles. The largest absolute Gasteiger partial charge is 0.416 e. The van der Waals surface area contributed by atoms with Crippen LogP contribution in [0.25, 0.3) is 0 Å². The van der Waals surface area contributed by atoms with E-state index in [1.165, 1.54) is 18.2 Å². The van der Waals surface area contributed by atoms with Gasteiger partial charge in [-0.3, -0.25) is 14.5 Å². The number of carbonyl (C=O) groups is 2. The Kier molecular flexibility index (Phi) is 5.26. The molecule has 1 amide bonds. The predicted octanol–water partition coefficient (Wildman–Crippen LogP) is 5.80. The van der Waals surface area contributed by atoms with E-state index in [1.54, 1.807) is 4.90 Å². The third-order valence-electron chi connectivity index (χ3n) is 5.93. The van der Waals surface area contributed by atoms with Crippen molar-refractivity contribution in [3.8, 4) is 0 Å². The van der Waals surface area contributed by atoms with E-state index < -0.39 is 17.7 Å². The second-order valence-corrected chi connectivity index (χ2v) is 7.69. The van der Waals surface area contributed by atoms with E-state index in [0.29, 0.717) is 37.0 Å². The summed E-state index contributed by atoms with van der Waals surface area (Å²) in [6.45, 7) is 1.98. The van der Waals surface area contributed by atoms with Crippen molar-refractivity contribution in [3.63, 3.8) is 0 Å². The Morgan fingerprint density at radius 3 is 2.43 bits per heavy atom. The number of Topliss-reactive ketones (excluding diaryl/α,β-unsaturated/α-hetero) is 1. The van der Waals surface area contributed by atoms with Crippen LogP contribution in [0.4, 0.5) is 18.9 Å². The highest BCUT2D eigenvalue weighted by Gasteiger charge is 2.43. The van der Waals surface area contributed by atoms with Gasteiger partial charge in [-0.25, -0.2) is 0 Å². The number of alkyl halides is 3. The lowest BCUT2D eigenvalue weighted by molar-refractivity contribution is -0.138. The van der Waals surface area contributed by atoms with Crippen molar-refractivity contribution in [1.82, 2.24) is 0 Å². The summed E-state index contributed by atoms with van der Waals surface area (Å²) >= 11 is 0. The summed E-state index contributed by atoms with van der Waals surface area (Å²) in [7, 11) is 0. The lowest BCUT2D eigenvalue weighted by Crippen LogP contribution is -2.41. The van der Waals surface area contributed by atoms with Crippen LogP contribution >= 0.6 is 0 Å². The van der Waals surface area contributed by atoms with Crippen LogP contribution in [-0.4, -0.2) is 11.7 Å². The van der Waals surface area contributed by atoms with Gasteiger partial charge in [0.2, 0.25) is 5.91 Å². The molecule has 1 unspecified atom stereocenters. The lowest BCUT2D eigenvalue weighted by Gasteiger charge is -2.39. The minimum Gasteiger partial charge on any atom is -0.294 e. The molecule has 0 bridgehead atoms. The first-order valence-corrected chi connectivity index (χ1v) is 10.2. The van der Waals surface area contributed by atoms with Gasteiger partial charge in [-0.2, -0.15) is 13.2 Å². The number of nitrogens with zero attached hydrogens (tertiary/aromatic N) is 1. The number of rotatable bonds is 3. The predicted molar refractivity (Wildman–Crippen MR) is 108 cm³/mol. The standard InChI is InChI=1S/C24H22F3NO2/c1-2-15-8-3-6-11-19(15)28-20-12-7-13-21(29)23(20)17(14-22(28)30)16-9-4-5-10-18(16)24(25,26)27/h3-6,8-11,17H,2,7,12-14H2,1H3. The summed E-state index contributed by atoms with van der Waals surface area (Å²) in [5.74, 6) is -1.31. The third-order valence-corrected chi connectivity index (χ3v) is 5.93. The number of benzene rings is 2. The normalized spacial score (nSPS) is 19.9. The Morgan fingerprint density at radius 2 is 1.70 bits per heavy atom. The fourth-order valence-electron chi connectivity index (χ4n) is 4.63. The maximum absolute atomic E-state index is 13.7. The highest BCUT2D eigenvalue weighted by Crippen LogP contribution is 2.46. The smallest absolute Gasteiger partial charge is 0.294 e. The average Bonchev–Trinajstić information content (AvgIpc) is 2.73. The molecule has 1 atom stereocenters. The number of hydrogen-bond acceptors (Lipinski definition) is 2. The van der Waals surface area contributed by atoms with Gasteiger partial charge in [0.25, 0.3) is 0 Å². The van der Waals surface area contributed by atoms with Gasteiger partial charge in [0.05, 0.1) is 11.3 Å². The number of allylic oxidation sites excluding steroid dienone is 2. The monoisotopic (exact) mass is 413 g/mol. The molecule has 2 aromatic rings. The maximum Gasteiger partial charge on any atom is 0.416 e. The van der Waals surface area contributed by atoms with Gasteiger partial charge in [-0.1, -0.05) is 43.3 Å². The minimum absolute atomic E-state index is 0.00419. The molecule has 1 aliphatic carbocycles. The zero-order chi connectivity index (χ0) is 21.5. The van der Waals surface area contributed by atoms with E-state index in [9.17, 15) is 22.8 Å². The molecule has 0 aromatic heterocycles. The second kappa shape index (κ2) is 7.74. The zero-order valence-corrected chi connectivity index (χ0v) is 16.6. The third kappa shape index (κ3) is 3.44. The fourth-order valence-corrected chi connectivity index (χ4v) is 4.63. The number of aryl methyl sites for hydroxylation is 1. The summed E-state index contributed by atoms with van der Waals surface area (Å²) in [4.78, 5) is 27.8. The van der Waals surface area contributed by atoms with E-state index in [-0.39, 0.29) is 23.7 Å². The molecule has 0 saturated carbocycles. The van der Waals surface area contributed by atoms with Gasteiger partial charge in [0.15, 0.2) is 5.78 Å². The molecular formula is C24H22F3NO2. The summed E-state index contributed by atoms with van der Waals surface area (Å²) < 4.78 is 41.0. The number of amides is 1. The lowest BCUT2D eigenvalue weighted by atomic mass is 9.75. The number of anilines is 1. The first kappa shape index (κ1) is 20.4. The molecular weight excluding hydrogens is 391 g/mol. The van der Waals surface area contributed by atoms with Gasteiger partial charge in [0.1, 0.15) is 0 Å². The van der Waals surface area contributed by atoms with Crippen LogP contribution in [0, 0.1) is 0 Å². The molecule has 2 aromatic carbocycles. The van der Waals surface area contributed by atoms with E-state index in [4.69, 9.17) is 0 Å². The average molecular weight is 413 g/mol. The Hall–Kier alpha value is -2.89. The molecule has 3 nitrogen and oxygen atoms in total. The molecule has 1 heterocycles. The van der Waals surface area contributed by atoms with E-state index in [1.807, 2.05) is 31.2 Å². The Morgan fingerprint density at radius 1 is 1.00 bits per heavy atom. The molecule has 0 radical (unpaired) electrons. The van der Waals surface area contributed by atoms with Crippen molar-refractivity contribution >= 4 is 17.4 Å². The molecule has 2 aliphatic rings. The van der Waals surface area contributed by atoms with Crippen molar-refractivity contribution < 1.29 is 22.8 Å². The van der Waals surface area contributed by atoms with Crippen LogP contribution in [0.15, 0.2) is 59.8 Å². The van der Waals surface area contributed by atoms with Crippen LogP contribution in [0.2, 0.25) is 0 Å². The van der Waals surface area contributed by atoms with Gasteiger partial charge >= 0.3 is 6.18 Å². The van der Waals surface area contributed by atoms with E-state index >= 15 is 0 Å². The Labute approximate surface area is 173 Å². The zero-order valence-electron chi connectivity index (χ0n) is 16.6. The molecule has 1 aliphatic heterocycles. The summed E-state index contributed by atoms with van der Waals surface area (Å²) in [5, 5.41) is 0. The minimum atomic E-state index is -4.55. The van der Waals surface area contributed by atoms with Crippen molar-refractivity contribution in [2.24, 2.45) is 0 Å². The topological polar surface area (TPSA) is 37.4 Å². The summed E-state index contributed by atoms with van der Waals surface area (Å²) in [6, 6.07) is 12.8. The highest BCUT2D eigenvalue weighted by molar-refractivity contribution is 6.07. The number of halogens is 3. The van der Waals surface area contributed by atoms with Crippen LogP contribution in [-0.2, 0) is 22.2 Å². The molecule has 0 spiro atoms. The van der Waals surface area contributed by atoms with Gasteiger partial charge in [-0.05, 0) is 42.5 Å². The summed E-state index contributed by atoms with van der Waals surface area (Å²) in [5.41, 5.74) is 1.83. The van der Waals surface area contributed by atoms with Gasteiger partial charge in [-0.15, -0.1) is 0 Å². The SMILES string of the molecule is CCc1ccccc1N1C(=O)CC(c2ccccc2C(F)(F)F)C2=C1CCCC2=O. The van der Waals surface area contributed by atoms with Gasteiger partial charge in [0, 0.05) is 30.0 Å². The maximum atomic E-state index is 13.7. The van der Waals surface area contributed by atoms with E-state index in [2.05, 4.69) is 0 Å². The fraction of sp³-hybridized carbons (Fsp3) is 0.333. The first-order valence-electron chi connectivity index (χ1n) is 10.2. The Bertz CT molecular complexity index is 1040. The molecule has 156 valence electrons. The highest BCUT2D eigenvalue weighted by atomic mass is 19.4. The van der Waals surface area contributed by atoms with Crippen molar-refractivity contribution in [1.29, 1.82) is 0 Å². The number of hydrogen-bond donors (Lipinski definition) is 0. The van der Waals surface area contributed by atoms with Crippen LogP contribution < -0.4 is 4.90 Å². The molecule has 0 fully saturated rings. The first-order chi connectivity index (χ1) is 14.3. The van der Waals surface area contributed by atoms with Crippen LogP contribution in [0.3, 0.4) is 0 Å². The summed E-state index contributed by atoms with van der Waals surface area (Å²) in [6.07, 6.45) is -2.63. The second-order valence-electron chi connectivity index (χ2n) is 7.69. The molecule has 6 heteroatoms. The molecule has 4 rings (SSSR count). The molecule has 30 heavy (non-hydrogen) atoms. The Balaban J connectivity index is 1.92. The molecule has 0 N–H and O–H groups in total. The van der Waals surface area contributed by atoms with Crippen molar-refractivity contribution in [2.45, 2.75) is 51.1 Å². The van der Waals surface area contributed by atoms with Crippen LogP contribution in [0.1, 0.15) is 55.2 Å². The van der Waals surface area contributed by atoms with E-state index in [0.717, 1.165) is 17.3 Å². The van der Waals surface area contributed by atoms with Crippen molar-refractivity contribution in [3.05, 3.63) is 76.5 Å². The van der Waals surface area contributed by atoms with Crippen molar-refractivity contribution in [2.75, 3.05) is 4.90 Å². The number of carbonyl (C=O) groups excluding carboxylic acids is 2. The quantitative estimate of drug-likeness (QED) is 0.638. The van der Waals surface area contributed by atoms with Crippen LogP contribution in [0.5, 0.6) is 0 Å². The van der Waals surface area contributed by atoms with Gasteiger partial charge < -0.3 is 0 Å². The number of para-hydroxylation sites is 1.